The minimum atomic E-state index is -0.848. The zero-order valence-corrected chi connectivity index (χ0v) is 14.6. The molecule has 0 aliphatic rings. The fraction of sp³-hybridized carbons (Fsp3) is 0.400. The fourth-order valence-electron chi connectivity index (χ4n) is 1.73. The molecular formula is C15H17F2N3OS2. The Labute approximate surface area is 141 Å². The zero-order chi connectivity index (χ0) is 17.0. The van der Waals surface area contributed by atoms with Crippen LogP contribution in [0.3, 0.4) is 0 Å². The van der Waals surface area contributed by atoms with E-state index in [1.165, 1.54) is 29.2 Å². The van der Waals surface area contributed by atoms with Crippen molar-refractivity contribution in [3.05, 3.63) is 35.4 Å². The molecule has 0 saturated carbocycles. The van der Waals surface area contributed by atoms with E-state index in [1.807, 2.05) is 0 Å². The van der Waals surface area contributed by atoms with E-state index in [0.29, 0.717) is 21.5 Å². The SMILES string of the molecule is CC(C)CNc1nnc(SC(C)C(=O)c2ccc(F)cc2F)s1. The van der Waals surface area contributed by atoms with E-state index in [2.05, 4.69) is 29.4 Å². The quantitative estimate of drug-likeness (QED) is 0.593. The van der Waals surface area contributed by atoms with Crippen LogP contribution in [0.2, 0.25) is 0 Å². The van der Waals surface area contributed by atoms with E-state index in [1.54, 1.807) is 6.92 Å². The van der Waals surface area contributed by atoms with Crippen LogP contribution in [0, 0.1) is 17.6 Å². The maximum absolute atomic E-state index is 13.7. The lowest BCUT2D eigenvalue weighted by Crippen LogP contribution is -2.15. The van der Waals surface area contributed by atoms with Gasteiger partial charge in [0.2, 0.25) is 5.13 Å². The first-order valence-electron chi connectivity index (χ1n) is 7.10. The van der Waals surface area contributed by atoms with Crippen LogP contribution < -0.4 is 5.32 Å². The number of benzene rings is 1. The van der Waals surface area contributed by atoms with Gasteiger partial charge in [0, 0.05) is 12.6 Å². The lowest BCUT2D eigenvalue weighted by atomic mass is 10.1. The second-order valence-electron chi connectivity index (χ2n) is 5.40. The number of anilines is 1. The second kappa shape index (κ2) is 7.83. The molecule has 0 aliphatic carbocycles. The third-order valence-electron chi connectivity index (χ3n) is 2.91. The highest BCUT2D eigenvalue weighted by Crippen LogP contribution is 2.30. The highest BCUT2D eigenvalue weighted by atomic mass is 32.2. The second-order valence-corrected chi connectivity index (χ2v) is 7.96. The summed E-state index contributed by atoms with van der Waals surface area (Å²) in [5, 5.41) is 11.3. The number of halogens is 2. The number of carbonyl (C=O) groups is 1. The van der Waals surface area contributed by atoms with Crippen molar-refractivity contribution in [2.45, 2.75) is 30.4 Å². The lowest BCUT2D eigenvalue weighted by Gasteiger charge is -2.08. The Bertz CT molecular complexity index is 691. The van der Waals surface area contributed by atoms with Gasteiger partial charge in [-0.3, -0.25) is 4.79 Å². The summed E-state index contributed by atoms with van der Waals surface area (Å²) in [6, 6.07) is 2.95. The first-order chi connectivity index (χ1) is 10.9. The van der Waals surface area contributed by atoms with Crippen LogP contribution in [0.5, 0.6) is 0 Å². The monoisotopic (exact) mass is 357 g/mol. The molecule has 1 aromatic carbocycles. The molecule has 23 heavy (non-hydrogen) atoms. The third kappa shape index (κ3) is 4.97. The van der Waals surface area contributed by atoms with Crippen LogP contribution in [-0.4, -0.2) is 27.8 Å². The zero-order valence-electron chi connectivity index (χ0n) is 13.0. The van der Waals surface area contributed by atoms with Gasteiger partial charge in [0.25, 0.3) is 0 Å². The van der Waals surface area contributed by atoms with Gasteiger partial charge in [-0.1, -0.05) is 36.9 Å². The normalized spacial score (nSPS) is 12.4. The van der Waals surface area contributed by atoms with E-state index >= 15 is 0 Å². The number of aromatic nitrogens is 2. The van der Waals surface area contributed by atoms with Gasteiger partial charge < -0.3 is 5.32 Å². The maximum atomic E-state index is 13.7. The number of nitrogens with zero attached hydrogens (tertiary/aromatic N) is 2. The van der Waals surface area contributed by atoms with Crippen molar-refractivity contribution < 1.29 is 13.6 Å². The van der Waals surface area contributed by atoms with Gasteiger partial charge in [0.1, 0.15) is 11.6 Å². The number of ketones is 1. The van der Waals surface area contributed by atoms with Crippen LogP contribution in [0.15, 0.2) is 22.5 Å². The summed E-state index contributed by atoms with van der Waals surface area (Å²) in [5.41, 5.74) is -0.117. The number of Topliss-reactive ketones (excluding diaryl/α,β-unsaturated/α-hetero) is 1. The average Bonchev–Trinajstić information content (AvgIpc) is 2.92. The molecule has 0 saturated heterocycles. The Hall–Kier alpha value is -1.54. The molecule has 1 atom stereocenters. The molecular weight excluding hydrogens is 340 g/mol. The van der Waals surface area contributed by atoms with Gasteiger partial charge in [-0.25, -0.2) is 8.78 Å². The fourth-order valence-corrected chi connectivity index (χ4v) is 3.70. The summed E-state index contributed by atoms with van der Waals surface area (Å²) in [6.45, 7) is 6.62. The minimum Gasteiger partial charge on any atom is -0.360 e. The predicted molar refractivity (Wildman–Crippen MR) is 89.2 cm³/mol. The van der Waals surface area contributed by atoms with Gasteiger partial charge in [-0.2, -0.15) is 0 Å². The van der Waals surface area contributed by atoms with Crippen molar-refractivity contribution in [2.75, 3.05) is 11.9 Å². The molecule has 1 N–H and O–H groups in total. The van der Waals surface area contributed by atoms with E-state index in [-0.39, 0.29) is 5.56 Å². The molecule has 1 aromatic heterocycles. The first-order valence-corrected chi connectivity index (χ1v) is 8.79. The molecule has 2 rings (SSSR count). The molecule has 8 heteroatoms. The Morgan fingerprint density at radius 2 is 2.04 bits per heavy atom. The summed E-state index contributed by atoms with van der Waals surface area (Å²) in [6.07, 6.45) is 0. The molecule has 0 radical (unpaired) electrons. The van der Waals surface area contributed by atoms with E-state index < -0.39 is 22.7 Å². The molecule has 0 aliphatic heterocycles. The number of hydrogen-bond donors (Lipinski definition) is 1. The van der Waals surface area contributed by atoms with Gasteiger partial charge >= 0.3 is 0 Å². The summed E-state index contributed by atoms with van der Waals surface area (Å²) in [4.78, 5) is 12.3. The van der Waals surface area contributed by atoms with E-state index in [0.717, 1.165) is 12.6 Å². The van der Waals surface area contributed by atoms with Crippen LogP contribution in [-0.2, 0) is 0 Å². The largest absolute Gasteiger partial charge is 0.360 e. The van der Waals surface area contributed by atoms with Crippen molar-refractivity contribution in [1.29, 1.82) is 0 Å². The Kier molecular flexibility index (Phi) is 6.06. The van der Waals surface area contributed by atoms with E-state index in [9.17, 15) is 13.6 Å². The topological polar surface area (TPSA) is 54.9 Å². The summed E-state index contributed by atoms with van der Waals surface area (Å²) in [7, 11) is 0. The molecule has 2 aromatic rings. The van der Waals surface area contributed by atoms with Crippen LogP contribution in [0.1, 0.15) is 31.1 Å². The maximum Gasteiger partial charge on any atom is 0.206 e. The highest BCUT2D eigenvalue weighted by Gasteiger charge is 2.21. The summed E-state index contributed by atoms with van der Waals surface area (Å²) < 4.78 is 27.2. The van der Waals surface area contributed by atoms with Crippen molar-refractivity contribution in [2.24, 2.45) is 5.92 Å². The van der Waals surface area contributed by atoms with Gasteiger partial charge in [-0.15, -0.1) is 10.2 Å². The molecule has 1 unspecified atom stereocenters. The molecule has 1 heterocycles. The molecule has 0 spiro atoms. The number of hydrogen-bond acceptors (Lipinski definition) is 6. The first kappa shape index (κ1) is 17.8. The summed E-state index contributed by atoms with van der Waals surface area (Å²) >= 11 is 2.56. The predicted octanol–water partition coefficient (Wildman–Crippen LogP) is 4.25. The van der Waals surface area contributed by atoms with Crippen molar-refractivity contribution in [3.8, 4) is 0 Å². The average molecular weight is 357 g/mol. The van der Waals surface area contributed by atoms with Crippen LogP contribution in [0.4, 0.5) is 13.9 Å². The van der Waals surface area contributed by atoms with E-state index in [4.69, 9.17) is 0 Å². The minimum absolute atomic E-state index is 0.117. The number of nitrogens with one attached hydrogen (secondary N) is 1. The number of rotatable bonds is 7. The van der Waals surface area contributed by atoms with Crippen LogP contribution in [0.25, 0.3) is 0 Å². The Morgan fingerprint density at radius 1 is 1.30 bits per heavy atom. The molecule has 124 valence electrons. The van der Waals surface area contributed by atoms with Gasteiger partial charge in [0.05, 0.1) is 10.8 Å². The number of carbonyl (C=O) groups excluding carboxylic acids is 1. The lowest BCUT2D eigenvalue weighted by molar-refractivity contribution is 0.0990. The van der Waals surface area contributed by atoms with Crippen molar-refractivity contribution in [1.82, 2.24) is 10.2 Å². The smallest absolute Gasteiger partial charge is 0.206 e. The Balaban J connectivity index is 2.01. The van der Waals surface area contributed by atoms with Crippen molar-refractivity contribution >= 4 is 34.0 Å². The highest BCUT2D eigenvalue weighted by molar-refractivity contribution is 8.02. The molecule has 4 nitrogen and oxygen atoms in total. The van der Waals surface area contributed by atoms with Gasteiger partial charge in [-0.05, 0) is 25.0 Å². The van der Waals surface area contributed by atoms with Crippen LogP contribution >= 0.6 is 23.1 Å². The standard InChI is InChI=1S/C15H17F2N3OS2/c1-8(2)7-18-14-19-20-15(23-14)22-9(3)13(21)11-5-4-10(16)6-12(11)17/h4-6,8-9H,7H2,1-3H3,(H,18,19). The van der Waals surface area contributed by atoms with Gasteiger partial charge in [0.15, 0.2) is 10.1 Å². The molecule has 0 bridgehead atoms. The third-order valence-corrected chi connectivity index (χ3v) is 4.98. The number of thioether (sulfide) groups is 1. The van der Waals surface area contributed by atoms with Crippen molar-refractivity contribution in [3.63, 3.8) is 0 Å². The Morgan fingerprint density at radius 3 is 2.70 bits per heavy atom. The molecule has 0 fully saturated rings. The summed E-state index contributed by atoms with van der Waals surface area (Å²) in [5.74, 6) is -1.47. The molecule has 0 amide bonds.